The van der Waals surface area contributed by atoms with Crippen LogP contribution in [0.3, 0.4) is 0 Å². The standard InChI is InChI=1S/C20H21F3N4OS/c21-20(22,23)9-14-8-15-18(24-12-25-19(15)29-14)26-16-6-7-27(11-17(16)28)10-13-4-2-1-3-5-13/h1-5,8,12,16-17,28H,6-7,9-11H2,(H,24,25,26). The van der Waals surface area contributed by atoms with E-state index in [9.17, 15) is 18.3 Å². The number of hydrogen-bond acceptors (Lipinski definition) is 6. The van der Waals surface area contributed by atoms with Crippen molar-refractivity contribution in [3.8, 4) is 0 Å². The number of halogens is 3. The quantitative estimate of drug-likeness (QED) is 0.654. The predicted molar refractivity (Wildman–Crippen MR) is 107 cm³/mol. The van der Waals surface area contributed by atoms with E-state index in [0.717, 1.165) is 24.4 Å². The number of aromatic nitrogens is 2. The van der Waals surface area contributed by atoms with Crippen molar-refractivity contribution in [2.24, 2.45) is 0 Å². The molecule has 2 aromatic heterocycles. The van der Waals surface area contributed by atoms with Crippen LogP contribution >= 0.6 is 11.3 Å². The Hall–Kier alpha value is -2.23. The molecule has 4 rings (SSSR count). The number of anilines is 1. The summed E-state index contributed by atoms with van der Waals surface area (Å²) >= 11 is 1.02. The van der Waals surface area contributed by atoms with E-state index in [1.807, 2.05) is 18.2 Å². The second kappa shape index (κ2) is 8.25. The number of rotatable bonds is 5. The minimum absolute atomic E-state index is 0.203. The number of likely N-dealkylation sites (tertiary alicyclic amines) is 1. The van der Waals surface area contributed by atoms with Crippen molar-refractivity contribution in [2.75, 3.05) is 18.4 Å². The molecule has 1 aromatic carbocycles. The number of alkyl halides is 3. The van der Waals surface area contributed by atoms with E-state index < -0.39 is 18.7 Å². The summed E-state index contributed by atoms with van der Waals surface area (Å²) in [5.74, 6) is 0.472. The molecule has 0 spiro atoms. The molecule has 29 heavy (non-hydrogen) atoms. The second-order valence-corrected chi connectivity index (χ2v) is 8.39. The number of nitrogens with zero attached hydrogens (tertiary/aromatic N) is 3. The van der Waals surface area contributed by atoms with E-state index >= 15 is 0 Å². The number of fused-ring (bicyclic) bond motifs is 1. The first-order chi connectivity index (χ1) is 13.9. The molecule has 2 atom stereocenters. The number of β-amino-alcohol motifs (C(OH)–C–C–N with tert-alkyl or cyclic N) is 1. The van der Waals surface area contributed by atoms with Crippen LogP contribution in [0.5, 0.6) is 0 Å². The van der Waals surface area contributed by atoms with Crippen LogP contribution in [-0.4, -0.2) is 51.4 Å². The maximum absolute atomic E-state index is 12.7. The molecule has 9 heteroatoms. The Balaban J connectivity index is 1.43. The lowest BCUT2D eigenvalue weighted by molar-refractivity contribution is -0.126. The van der Waals surface area contributed by atoms with Gasteiger partial charge in [0.2, 0.25) is 0 Å². The zero-order valence-corrected chi connectivity index (χ0v) is 16.4. The Morgan fingerprint density at radius 2 is 2.00 bits per heavy atom. The molecule has 2 N–H and O–H groups in total. The SMILES string of the molecule is OC1CN(Cc2ccccc2)CCC1Nc1ncnc2sc(CC(F)(F)F)cc12. The van der Waals surface area contributed by atoms with Gasteiger partial charge in [-0.25, -0.2) is 9.97 Å². The number of thiophene rings is 1. The Morgan fingerprint density at radius 3 is 2.72 bits per heavy atom. The minimum Gasteiger partial charge on any atom is -0.390 e. The van der Waals surface area contributed by atoms with Gasteiger partial charge in [0.15, 0.2) is 0 Å². The monoisotopic (exact) mass is 422 g/mol. The highest BCUT2D eigenvalue weighted by Crippen LogP contribution is 2.33. The normalized spacial score (nSPS) is 20.8. The lowest BCUT2D eigenvalue weighted by Crippen LogP contribution is -2.49. The average Bonchev–Trinajstić information content (AvgIpc) is 3.06. The largest absolute Gasteiger partial charge is 0.393 e. The molecule has 0 amide bonds. The zero-order chi connectivity index (χ0) is 20.4. The van der Waals surface area contributed by atoms with Crippen molar-refractivity contribution < 1.29 is 18.3 Å². The van der Waals surface area contributed by atoms with Gasteiger partial charge in [-0.3, -0.25) is 4.90 Å². The molecule has 1 fully saturated rings. The van der Waals surface area contributed by atoms with E-state index in [1.54, 1.807) is 0 Å². The highest BCUT2D eigenvalue weighted by atomic mass is 32.1. The van der Waals surface area contributed by atoms with Crippen LogP contribution in [0, 0.1) is 0 Å². The van der Waals surface area contributed by atoms with Gasteiger partial charge in [0.25, 0.3) is 0 Å². The van der Waals surface area contributed by atoms with Crippen LogP contribution in [0.2, 0.25) is 0 Å². The third-order valence-corrected chi connectivity index (χ3v) is 6.04. The van der Waals surface area contributed by atoms with Gasteiger partial charge in [0.1, 0.15) is 17.0 Å². The lowest BCUT2D eigenvalue weighted by Gasteiger charge is -2.36. The predicted octanol–water partition coefficient (Wildman–Crippen LogP) is 3.84. The smallest absolute Gasteiger partial charge is 0.390 e. The molecular formula is C20H21F3N4OS. The number of aliphatic hydroxyl groups is 1. The van der Waals surface area contributed by atoms with Gasteiger partial charge in [-0.1, -0.05) is 30.3 Å². The number of benzene rings is 1. The zero-order valence-electron chi connectivity index (χ0n) is 15.6. The Bertz CT molecular complexity index is 963. The first-order valence-electron chi connectivity index (χ1n) is 9.38. The maximum atomic E-state index is 12.7. The molecule has 0 saturated carbocycles. The summed E-state index contributed by atoms with van der Waals surface area (Å²) in [6.45, 7) is 2.10. The molecule has 0 aliphatic carbocycles. The Kier molecular flexibility index (Phi) is 5.71. The number of nitrogens with one attached hydrogen (secondary N) is 1. The number of piperidine rings is 1. The summed E-state index contributed by atoms with van der Waals surface area (Å²) in [4.78, 5) is 11.2. The van der Waals surface area contributed by atoms with E-state index in [0.29, 0.717) is 29.0 Å². The highest BCUT2D eigenvalue weighted by Gasteiger charge is 2.30. The molecule has 3 heterocycles. The van der Waals surface area contributed by atoms with Gasteiger partial charge >= 0.3 is 6.18 Å². The second-order valence-electron chi connectivity index (χ2n) is 7.27. The molecule has 154 valence electrons. The van der Waals surface area contributed by atoms with Crippen LogP contribution in [0.15, 0.2) is 42.7 Å². The summed E-state index contributed by atoms with van der Waals surface area (Å²) in [5, 5.41) is 14.4. The molecule has 3 aromatic rings. The lowest BCUT2D eigenvalue weighted by atomic mass is 10.0. The summed E-state index contributed by atoms with van der Waals surface area (Å²) in [5.41, 5.74) is 1.19. The third kappa shape index (κ3) is 5.04. The van der Waals surface area contributed by atoms with Gasteiger partial charge in [-0.2, -0.15) is 13.2 Å². The molecule has 1 saturated heterocycles. The van der Waals surface area contributed by atoms with Gasteiger partial charge in [-0.05, 0) is 18.1 Å². The van der Waals surface area contributed by atoms with E-state index in [1.165, 1.54) is 18.0 Å². The number of hydrogen-bond donors (Lipinski definition) is 2. The van der Waals surface area contributed by atoms with Crippen LogP contribution < -0.4 is 5.32 Å². The van der Waals surface area contributed by atoms with Crippen molar-refractivity contribution >= 4 is 27.4 Å². The van der Waals surface area contributed by atoms with Gasteiger partial charge in [0, 0.05) is 24.5 Å². The van der Waals surface area contributed by atoms with Crippen molar-refractivity contribution in [1.82, 2.24) is 14.9 Å². The summed E-state index contributed by atoms with van der Waals surface area (Å²) < 4.78 is 38.1. The summed E-state index contributed by atoms with van der Waals surface area (Å²) in [6, 6.07) is 11.4. The van der Waals surface area contributed by atoms with E-state index in [2.05, 4.69) is 32.3 Å². The minimum atomic E-state index is -4.26. The molecule has 0 bridgehead atoms. The van der Waals surface area contributed by atoms with Crippen molar-refractivity contribution in [1.29, 1.82) is 0 Å². The van der Waals surface area contributed by atoms with Crippen LogP contribution in [-0.2, 0) is 13.0 Å². The third-order valence-electron chi connectivity index (χ3n) is 4.99. The van der Waals surface area contributed by atoms with Crippen LogP contribution in [0.25, 0.3) is 10.2 Å². The first-order valence-corrected chi connectivity index (χ1v) is 10.2. The fourth-order valence-corrected chi connectivity index (χ4v) is 4.66. The molecule has 5 nitrogen and oxygen atoms in total. The molecular weight excluding hydrogens is 401 g/mol. The van der Waals surface area contributed by atoms with E-state index in [-0.39, 0.29) is 10.9 Å². The molecule has 2 unspecified atom stereocenters. The van der Waals surface area contributed by atoms with Crippen molar-refractivity contribution in [3.63, 3.8) is 0 Å². The van der Waals surface area contributed by atoms with Crippen molar-refractivity contribution in [2.45, 2.75) is 37.7 Å². The summed E-state index contributed by atoms with van der Waals surface area (Å²) in [7, 11) is 0. The number of aliphatic hydroxyl groups excluding tert-OH is 1. The van der Waals surface area contributed by atoms with E-state index in [4.69, 9.17) is 0 Å². The Morgan fingerprint density at radius 1 is 1.21 bits per heavy atom. The topological polar surface area (TPSA) is 61.3 Å². The fraction of sp³-hybridized carbons (Fsp3) is 0.400. The van der Waals surface area contributed by atoms with Crippen molar-refractivity contribution in [3.05, 3.63) is 53.2 Å². The maximum Gasteiger partial charge on any atom is 0.393 e. The molecule has 0 radical (unpaired) electrons. The summed E-state index contributed by atoms with van der Waals surface area (Å²) in [6.07, 6.45) is -3.79. The van der Waals surface area contributed by atoms with Gasteiger partial charge in [0.05, 0.1) is 24.0 Å². The molecule has 1 aliphatic heterocycles. The highest BCUT2D eigenvalue weighted by molar-refractivity contribution is 7.18. The average molecular weight is 422 g/mol. The van der Waals surface area contributed by atoms with Gasteiger partial charge in [-0.15, -0.1) is 11.3 Å². The molecule has 1 aliphatic rings. The van der Waals surface area contributed by atoms with Crippen LogP contribution in [0.1, 0.15) is 16.9 Å². The van der Waals surface area contributed by atoms with Crippen LogP contribution in [0.4, 0.5) is 19.0 Å². The Labute approximate surface area is 170 Å². The van der Waals surface area contributed by atoms with Gasteiger partial charge < -0.3 is 10.4 Å². The first kappa shape index (κ1) is 20.1. The fourth-order valence-electron chi connectivity index (χ4n) is 3.63.